The van der Waals surface area contributed by atoms with Gasteiger partial charge in [-0.1, -0.05) is 0 Å². The summed E-state index contributed by atoms with van der Waals surface area (Å²) in [4.78, 5) is 25.5. The van der Waals surface area contributed by atoms with E-state index in [9.17, 15) is 9.18 Å². The summed E-state index contributed by atoms with van der Waals surface area (Å²) in [7, 11) is 1.84. The summed E-state index contributed by atoms with van der Waals surface area (Å²) in [5.74, 6) is -1.63. The molecule has 3 rings (SSSR count). The fourth-order valence-corrected chi connectivity index (χ4v) is 2.14. The van der Waals surface area contributed by atoms with Gasteiger partial charge in [0.2, 0.25) is 5.65 Å². The Labute approximate surface area is 136 Å². The van der Waals surface area contributed by atoms with Gasteiger partial charge in [-0.25, -0.2) is 14.2 Å². The number of halogens is 1. The normalized spacial score (nSPS) is 11.2. The van der Waals surface area contributed by atoms with Crippen molar-refractivity contribution in [2.75, 3.05) is 11.9 Å². The van der Waals surface area contributed by atoms with Crippen molar-refractivity contribution in [1.82, 2.24) is 15.0 Å². The molecule has 1 aromatic carbocycles. The minimum Gasteiger partial charge on any atom is -0.474 e. The van der Waals surface area contributed by atoms with Crippen LogP contribution in [-0.4, -0.2) is 39.1 Å². The van der Waals surface area contributed by atoms with E-state index in [1.165, 1.54) is 12.1 Å². The summed E-state index contributed by atoms with van der Waals surface area (Å²) in [6.07, 6.45) is 0. The summed E-state index contributed by atoms with van der Waals surface area (Å²) >= 11 is 0. The van der Waals surface area contributed by atoms with Crippen LogP contribution in [0.1, 0.15) is 24.5 Å². The minimum atomic E-state index is -1.29. The number of carboxylic acids is 1. The number of anilines is 1. The summed E-state index contributed by atoms with van der Waals surface area (Å²) in [6, 6.07) is 5.93. The number of aromatic nitrogens is 3. The molecule has 0 amide bonds. The van der Waals surface area contributed by atoms with Gasteiger partial charge in [0, 0.05) is 18.7 Å². The zero-order chi connectivity index (χ0) is 17.4. The average molecular weight is 330 g/mol. The predicted octanol–water partition coefficient (Wildman–Crippen LogP) is 2.97. The van der Waals surface area contributed by atoms with Crippen LogP contribution in [0.3, 0.4) is 0 Å². The van der Waals surface area contributed by atoms with Gasteiger partial charge in [-0.15, -0.1) is 0 Å². The topological polar surface area (TPSA) is 92.4 Å². The number of nitrogens with zero attached hydrogens (tertiary/aromatic N) is 4. The molecule has 0 saturated heterocycles. The van der Waals surface area contributed by atoms with Crippen LogP contribution >= 0.6 is 0 Å². The number of benzene rings is 1. The van der Waals surface area contributed by atoms with Gasteiger partial charge in [0.25, 0.3) is 5.71 Å². The second kappa shape index (κ2) is 5.88. The molecule has 0 spiro atoms. The fraction of sp³-hybridized carbons (Fsp3) is 0.250. The van der Waals surface area contributed by atoms with Gasteiger partial charge in [0.05, 0.1) is 0 Å². The van der Waals surface area contributed by atoms with Gasteiger partial charge >= 0.3 is 11.9 Å². The van der Waals surface area contributed by atoms with E-state index < -0.39 is 11.9 Å². The van der Waals surface area contributed by atoms with Crippen molar-refractivity contribution in [3.63, 3.8) is 0 Å². The Morgan fingerprint density at radius 1 is 1.21 bits per heavy atom. The lowest BCUT2D eigenvalue weighted by atomic mass is 10.1. The Hall–Kier alpha value is -3.03. The van der Waals surface area contributed by atoms with E-state index in [1.54, 1.807) is 12.1 Å². The number of oxazole rings is 1. The van der Waals surface area contributed by atoms with Crippen molar-refractivity contribution in [2.24, 2.45) is 0 Å². The third-order valence-corrected chi connectivity index (χ3v) is 3.64. The molecular formula is C16H15FN4O3. The van der Waals surface area contributed by atoms with E-state index in [1.807, 2.05) is 25.8 Å². The van der Waals surface area contributed by atoms with E-state index in [0.29, 0.717) is 17.1 Å². The monoisotopic (exact) mass is 330 g/mol. The van der Waals surface area contributed by atoms with Crippen LogP contribution in [0.2, 0.25) is 0 Å². The lowest BCUT2D eigenvalue weighted by Crippen LogP contribution is -2.27. The Bertz CT molecular complexity index is 906. The molecule has 24 heavy (non-hydrogen) atoms. The molecule has 8 heteroatoms. The number of aromatic carboxylic acids is 1. The van der Waals surface area contributed by atoms with E-state index >= 15 is 0 Å². The van der Waals surface area contributed by atoms with Crippen LogP contribution in [0.5, 0.6) is 0 Å². The molecule has 124 valence electrons. The van der Waals surface area contributed by atoms with Crippen molar-refractivity contribution in [3.8, 4) is 11.3 Å². The molecule has 0 aliphatic carbocycles. The maximum atomic E-state index is 13.2. The first-order chi connectivity index (χ1) is 11.4. The first-order valence-corrected chi connectivity index (χ1v) is 7.27. The second-order valence-corrected chi connectivity index (χ2v) is 5.56. The third-order valence-electron chi connectivity index (χ3n) is 3.64. The number of carbonyl (C=O) groups is 1. The van der Waals surface area contributed by atoms with Crippen molar-refractivity contribution in [1.29, 1.82) is 0 Å². The fourth-order valence-electron chi connectivity index (χ4n) is 2.14. The molecule has 0 aliphatic heterocycles. The molecule has 2 aromatic heterocycles. The standard InChI is InChI=1S/C16H15FN4O3/c1-8(2)21(3)13-11(9-4-6-10(17)7-5-9)18-12-14(20-13)24-15(19-12)16(22)23/h4-8H,1-3H3,(H,22,23). The van der Waals surface area contributed by atoms with Crippen LogP contribution in [0.15, 0.2) is 28.7 Å². The highest BCUT2D eigenvalue weighted by atomic mass is 19.1. The van der Waals surface area contributed by atoms with E-state index in [0.717, 1.165) is 0 Å². The molecule has 0 bridgehead atoms. The first-order valence-electron chi connectivity index (χ1n) is 7.27. The molecule has 0 fully saturated rings. The summed E-state index contributed by atoms with van der Waals surface area (Å²) in [5, 5.41) is 9.01. The highest BCUT2D eigenvalue weighted by molar-refractivity contribution is 5.86. The van der Waals surface area contributed by atoms with Crippen LogP contribution in [0, 0.1) is 5.82 Å². The molecule has 2 heterocycles. The molecule has 0 aliphatic rings. The maximum absolute atomic E-state index is 13.2. The van der Waals surface area contributed by atoms with Crippen molar-refractivity contribution < 1.29 is 18.7 Å². The summed E-state index contributed by atoms with van der Waals surface area (Å²) < 4.78 is 18.3. The zero-order valence-electron chi connectivity index (χ0n) is 13.3. The van der Waals surface area contributed by atoms with Crippen LogP contribution in [0.4, 0.5) is 10.2 Å². The largest absolute Gasteiger partial charge is 0.474 e. The first kappa shape index (κ1) is 15.9. The Balaban J connectivity index is 2.25. The average Bonchev–Trinajstić information content (AvgIpc) is 2.97. The molecule has 1 N–H and O–H groups in total. The Morgan fingerprint density at radius 3 is 2.46 bits per heavy atom. The number of carboxylic acid groups (broad SMARTS) is 1. The molecular weight excluding hydrogens is 315 g/mol. The lowest BCUT2D eigenvalue weighted by molar-refractivity contribution is 0.0656. The second-order valence-electron chi connectivity index (χ2n) is 5.56. The van der Waals surface area contributed by atoms with Crippen LogP contribution in [0.25, 0.3) is 22.6 Å². The number of hydrogen-bond donors (Lipinski definition) is 1. The molecule has 3 aromatic rings. The van der Waals surface area contributed by atoms with E-state index in [4.69, 9.17) is 9.52 Å². The predicted molar refractivity (Wildman–Crippen MR) is 85.5 cm³/mol. The lowest BCUT2D eigenvalue weighted by Gasteiger charge is -2.24. The number of hydrogen-bond acceptors (Lipinski definition) is 6. The minimum absolute atomic E-state index is 0.0424. The molecule has 7 nitrogen and oxygen atoms in total. The maximum Gasteiger partial charge on any atom is 0.392 e. The molecule has 0 saturated carbocycles. The highest BCUT2D eigenvalue weighted by Crippen LogP contribution is 2.30. The molecule has 0 atom stereocenters. The van der Waals surface area contributed by atoms with Crippen molar-refractivity contribution >= 4 is 23.1 Å². The van der Waals surface area contributed by atoms with Crippen molar-refractivity contribution in [3.05, 3.63) is 36.0 Å². The number of rotatable bonds is 4. The zero-order valence-corrected chi connectivity index (χ0v) is 13.3. The number of fused-ring (bicyclic) bond motifs is 1. The van der Waals surface area contributed by atoms with Crippen molar-refractivity contribution in [2.45, 2.75) is 19.9 Å². The van der Waals surface area contributed by atoms with Crippen LogP contribution in [-0.2, 0) is 0 Å². The Morgan fingerprint density at radius 2 is 1.88 bits per heavy atom. The Kier molecular flexibility index (Phi) is 3.88. The quantitative estimate of drug-likeness (QED) is 0.786. The smallest absolute Gasteiger partial charge is 0.392 e. The van der Waals surface area contributed by atoms with E-state index in [-0.39, 0.29) is 23.2 Å². The summed E-state index contributed by atoms with van der Waals surface area (Å²) in [5.41, 5.74) is 1.26. The van der Waals surface area contributed by atoms with Gasteiger partial charge < -0.3 is 14.4 Å². The van der Waals surface area contributed by atoms with E-state index in [2.05, 4.69) is 15.0 Å². The SMILES string of the molecule is CC(C)N(C)c1nc2oc(C(=O)O)nc2nc1-c1ccc(F)cc1. The highest BCUT2D eigenvalue weighted by Gasteiger charge is 2.21. The van der Waals surface area contributed by atoms with Crippen LogP contribution < -0.4 is 4.90 Å². The summed E-state index contributed by atoms with van der Waals surface area (Å²) in [6.45, 7) is 3.95. The van der Waals surface area contributed by atoms with Gasteiger partial charge in [0.1, 0.15) is 11.5 Å². The molecule has 0 unspecified atom stereocenters. The van der Waals surface area contributed by atoms with Gasteiger partial charge in [-0.3, -0.25) is 0 Å². The van der Waals surface area contributed by atoms with Gasteiger partial charge in [-0.2, -0.15) is 9.97 Å². The van der Waals surface area contributed by atoms with Gasteiger partial charge in [-0.05, 0) is 38.1 Å². The third kappa shape index (κ3) is 2.78. The van der Waals surface area contributed by atoms with Gasteiger partial charge in [0.15, 0.2) is 5.82 Å². The molecule has 0 radical (unpaired) electrons.